The summed E-state index contributed by atoms with van der Waals surface area (Å²) in [6, 6.07) is 6.03. The number of benzene rings is 1. The third kappa shape index (κ3) is 4.02. The molecule has 32 heavy (non-hydrogen) atoms. The minimum Gasteiger partial charge on any atom is -0.395 e. The Bertz CT molecular complexity index is 1190. The van der Waals surface area contributed by atoms with E-state index in [1.807, 2.05) is 49.8 Å². The highest BCUT2D eigenvalue weighted by Gasteiger charge is 2.24. The molecule has 8 heteroatoms. The average Bonchev–Trinajstić information content (AvgIpc) is 3.17. The zero-order chi connectivity index (χ0) is 22.1. The molecule has 1 amide bonds. The highest BCUT2D eigenvalue weighted by Crippen LogP contribution is 2.25. The average molecular weight is 431 g/mol. The molecule has 1 N–H and O–H groups in total. The molecule has 2 aromatic rings. The van der Waals surface area contributed by atoms with Gasteiger partial charge in [-0.05, 0) is 29.3 Å². The lowest BCUT2D eigenvalue weighted by molar-refractivity contribution is -0.121. The molecule has 0 spiro atoms. The number of allylic oxidation sites excluding steroid dienone is 5. The summed E-state index contributed by atoms with van der Waals surface area (Å²) >= 11 is 0. The van der Waals surface area contributed by atoms with E-state index in [4.69, 9.17) is 5.11 Å². The van der Waals surface area contributed by atoms with Crippen molar-refractivity contribution in [3.05, 3.63) is 72.0 Å². The first-order valence-electron chi connectivity index (χ1n) is 10.8. The quantitative estimate of drug-likeness (QED) is 0.800. The predicted molar refractivity (Wildman–Crippen MR) is 124 cm³/mol. The highest BCUT2D eigenvalue weighted by atomic mass is 16.3. The minimum absolute atomic E-state index is 0.107. The lowest BCUT2D eigenvalue weighted by Gasteiger charge is -2.37. The fourth-order valence-corrected chi connectivity index (χ4v) is 4.25. The largest absolute Gasteiger partial charge is 0.395 e. The van der Waals surface area contributed by atoms with Crippen molar-refractivity contribution in [3.8, 4) is 0 Å². The predicted octanol–water partition coefficient (Wildman–Crippen LogP) is 1.73. The molecule has 164 valence electrons. The van der Waals surface area contributed by atoms with Gasteiger partial charge in [0, 0.05) is 57.4 Å². The van der Waals surface area contributed by atoms with Gasteiger partial charge in [0.1, 0.15) is 5.82 Å². The smallest absolute Gasteiger partial charge is 0.255 e. The molecular formula is C24H26N6O2. The number of rotatable bonds is 4. The second kappa shape index (κ2) is 8.57. The van der Waals surface area contributed by atoms with Crippen LogP contribution in [0.3, 0.4) is 0 Å². The number of hydrogen-bond acceptors (Lipinski definition) is 6. The number of carbonyl (C=O) groups is 1. The molecular weight excluding hydrogens is 404 g/mol. The van der Waals surface area contributed by atoms with E-state index in [2.05, 4.69) is 26.0 Å². The number of aromatic nitrogens is 2. The molecule has 8 nitrogen and oxygen atoms in total. The van der Waals surface area contributed by atoms with Crippen LogP contribution in [0, 0.1) is 0 Å². The number of nitrogens with zero attached hydrogens (tertiary/aromatic N) is 6. The van der Waals surface area contributed by atoms with Crippen molar-refractivity contribution >= 4 is 28.6 Å². The molecule has 1 fully saturated rings. The SMILES string of the molecule is Cn1cc2cc(C3=C\C(=O)N4C=C(N5CCN(CCO)CC5)N=C\C4=C/C=C/3)ccc2n1. The number of hydrogen-bond donors (Lipinski definition) is 1. The van der Waals surface area contributed by atoms with E-state index in [1.165, 1.54) is 0 Å². The van der Waals surface area contributed by atoms with Gasteiger partial charge in [-0.2, -0.15) is 5.10 Å². The molecule has 5 rings (SSSR count). The number of piperazine rings is 1. The van der Waals surface area contributed by atoms with E-state index in [0.717, 1.165) is 59.7 Å². The van der Waals surface area contributed by atoms with Crippen LogP contribution in [0.2, 0.25) is 0 Å². The fourth-order valence-electron chi connectivity index (χ4n) is 4.25. The van der Waals surface area contributed by atoms with Crippen LogP contribution >= 0.6 is 0 Å². The summed E-state index contributed by atoms with van der Waals surface area (Å²) in [7, 11) is 1.90. The molecule has 1 aromatic carbocycles. The van der Waals surface area contributed by atoms with Crippen molar-refractivity contribution in [1.29, 1.82) is 0 Å². The first-order chi connectivity index (χ1) is 15.6. The van der Waals surface area contributed by atoms with E-state index in [9.17, 15) is 4.79 Å². The van der Waals surface area contributed by atoms with Crippen LogP contribution in [-0.2, 0) is 11.8 Å². The monoisotopic (exact) mass is 430 g/mol. The Balaban J connectivity index is 1.40. The van der Waals surface area contributed by atoms with Crippen LogP contribution in [0.4, 0.5) is 0 Å². The second-order valence-electron chi connectivity index (χ2n) is 8.13. The number of carbonyl (C=O) groups excluding carboxylic acids is 1. The van der Waals surface area contributed by atoms with Gasteiger partial charge < -0.3 is 10.0 Å². The van der Waals surface area contributed by atoms with E-state index in [-0.39, 0.29) is 12.5 Å². The van der Waals surface area contributed by atoms with E-state index in [1.54, 1.807) is 21.9 Å². The summed E-state index contributed by atoms with van der Waals surface area (Å²) in [6.07, 6.45) is 13.0. The maximum absolute atomic E-state index is 13.2. The Kier molecular flexibility index (Phi) is 5.46. The molecule has 1 aromatic heterocycles. The molecule has 4 heterocycles. The van der Waals surface area contributed by atoms with Crippen LogP contribution in [0.15, 0.2) is 71.4 Å². The number of aryl methyl sites for hydroxylation is 1. The highest BCUT2D eigenvalue weighted by molar-refractivity contribution is 6.03. The lowest BCUT2D eigenvalue weighted by atomic mass is 10.0. The summed E-state index contributed by atoms with van der Waals surface area (Å²) < 4.78 is 1.79. The van der Waals surface area contributed by atoms with Crippen LogP contribution in [0.25, 0.3) is 16.5 Å². The standard InChI is InChI=1S/C24H26N6O2/c1-27-16-20-13-19(5-6-22(20)26-27)18-3-2-4-21-15-25-23(17-30(21)24(32)14-18)29-9-7-28(8-10-29)11-12-31/h2-6,13-17,31H,7-12H2,1H3/b3-2+,18-14+,21-4+. The molecule has 0 atom stereocenters. The summed E-state index contributed by atoms with van der Waals surface area (Å²) in [5.41, 5.74) is 3.50. The Hall–Kier alpha value is -3.49. The number of aliphatic imine (C=N–C) groups is 1. The number of amides is 1. The molecule has 1 saturated heterocycles. The van der Waals surface area contributed by atoms with Crippen molar-refractivity contribution in [3.63, 3.8) is 0 Å². The van der Waals surface area contributed by atoms with Gasteiger partial charge in [-0.3, -0.25) is 19.3 Å². The molecule has 0 saturated carbocycles. The van der Waals surface area contributed by atoms with Crippen molar-refractivity contribution in [2.45, 2.75) is 0 Å². The zero-order valence-electron chi connectivity index (χ0n) is 18.1. The van der Waals surface area contributed by atoms with Gasteiger partial charge in [0.2, 0.25) is 0 Å². The minimum atomic E-state index is -0.107. The summed E-state index contributed by atoms with van der Waals surface area (Å²) in [6.45, 7) is 4.24. The molecule has 0 radical (unpaired) electrons. The van der Waals surface area contributed by atoms with Gasteiger partial charge in [0.25, 0.3) is 5.91 Å². The number of β-amino-alcohol motifs (C(OH)–C–C–N with tert-alkyl or cyclic N) is 1. The normalized spacial score (nSPS) is 23.7. The van der Waals surface area contributed by atoms with Gasteiger partial charge in [-0.15, -0.1) is 0 Å². The third-order valence-electron chi connectivity index (χ3n) is 5.98. The maximum Gasteiger partial charge on any atom is 0.255 e. The number of aliphatic hydroxyl groups is 1. The Morgan fingerprint density at radius 1 is 1.16 bits per heavy atom. The van der Waals surface area contributed by atoms with E-state index < -0.39 is 0 Å². The maximum atomic E-state index is 13.2. The second-order valence-corrected chi connectivity index (χ2v) is 8.13. The van der Waals surface area contributed by atoms with Crippen LogP contribution in [0.5, 0.6) is 0 Å². The number of fused-ring (bicyclic) bond motifs is 2. The third-order valence-corrected chi connectivity index (χ3v) is 5.98. The van der Waals surface area contributed by atoms with Crippen molar-refractivity contribution in [1.82, 2.24) is 24.5 Å². The topological polar surface area (TPSA) is 77.2 Å². The van der Waals surface area contributed by atoms with E-state index >= 15 is 0 Å². The fraction of sp³-hybridized carbons (Fsp3) is 0.292. The Morgan fingerprint density at radius 2 is 2.00 bits per heavy atom. The molecule has 0 unspecified atom stereocenters. The number of aliphatic hydroxyl groups excluding tert-OH is 1. The van der Waals surface area contributed by atoms with Crippen molar-refractivity contribution in [2.75, 3.05) is 39.3 Å². The summed E-state index contributed by atoms with van der Waals surface area (Å²) in [5.74, 6) is 0.680. The van der Waals surface area contributed by atoms with E-state index in [0.29, 0.717) is 6.54 Å². The van der Waals surface area contributed by atoms with Crippen LogP contribution in [0.1, 0.15) is 5.56 Å². The van der Waals surface area contributed by atoms with Gasteiger partial charge >= 0.3 is 0 Å². The van der Waals surface area contributed by atoms with Gasteiger partial charge in [0.05, 0.1) is 30.2 Å². The van der Waals surface area contributed by atoms with Gasteiger partial charge in [-0.25, -0.2) is 4.99 Å². The Labute approximate surface area is 186 Å². The first-order valence-corrected chi connectivity index (χ1v) is 10.8. The van der Waals surface area contributed by atoms with Crippen LogP contribution < -0.4 is 0 Å². The van der Waals surface area contributed by atoms with Gasteiger partial charge in [0.15, 0.2) is 0 Å². The van der Waals surface area contributed by atoms with Crippen LogP contribution in [-0.4, -0.2) is 81.0 Å². The van der Waals surface area contributed by atoms with Crippen molar-refractivity contribution in [2.24, 2.45) is 12.0 Å². The molecule has 0 bridgehead atoms. The molecule has 0 aliphatic carbocycles. The molecule has 3 aliphatic heterocycles. The van der Waals surface area contributed by atoms with Crippen molar-refractivity contribution < 1.29 is 9.90 Å². The summed E-state index contributed by atoms with van der Waals surface area (Å²) in [4.78, 5) is 23.9. The lowest BCUT2D eigenvalue weighted by Crippen LogP contribution is -2.47. The van der Waals surface area contributed by atoms with Gasteiger partial charge in [-0.1, -0.05) is 18.2 Å². The zero-order valence-corrected chi connectivity index (χ0v) is 18.1. The molecule has 3 aliphatic rings. The Morgan fingerprint density at radius 3 is 2.81 bits per heavy atom. The summed E-state index contributed by atoms with van der Waals surface area (Å²) in [5, 5.41) is 14.6. The first kappa shape index (κ1) is 20.4.